The van der Waals surface area contributed by atoms with Crippen molar-refractivity contribution >= 4 is 29.1 Å². The highest BCUT2D eigenvalue weighted by atomic mass is 35.5. The third-order valence-electron chi connectivity index (χ3n) is 3.02. The Morgan fingerprint density at radius 1 is 1.40 bits per heavy atom. The standard InChI is InChI=1S/C12H12N4O3.ClH/c17-16(18)8-1-2-10-11(5-8)14-7-12(15-10)19-9-3-4-13-6-9;/h1-2,5,7,9,13H,3-4,6H2;1H. The number of benzene rings is 1. The summed E-state index contributed by atoms with van der Waals surface area (Å²) in [7, 11) is 0. The summed E-state index contributed by atoms with van der Waals surface area (Å²) in [6, 6.07) is 4.40. The molecular weight excluding hydrogens is 284 g/mol. The zero-order valence-corrected chi connectivity index (χ0v) is 11.3. The first kappa shape index (κ1) is 14.4. The fourth-order valence-electron chi connectivity index (χ4n) is 2.05. The van der Waals surface area contributed by atoms with Crippen molar-refractivity contribution in [1.82, 2.24) is 15.3 Å². The van der Waals surface area contributed by atoms with Crippen molar-refractivity contribution in [2.24, 2.45) is 0 Å². The first-order chi connectivity index (χ1) is 9.22. The summed E-state index contributed by atoms with van der Waals surface area (Å²) in [5.74, 6) is 0.454. The summed E-state index contributed by atoms with van der Waals surface area (Å²) in [5, 5.41) is 13.9. The van der Waals surface area contributed by atoms with Crippen LogP contribution in [-0.2, 0) is 0 Å². The molecule has 0 saturated carbocycles. The van der Waals surface area contributed by atoms with Gasteiger partial charge >= 0.3 is 0 Å². The predicted molar refractivity (Wildman–Crippen MR) is 75.3 cm³/mol. The number of nitrogens with zero attached hydrogens (tertiary/aromatic N) is 3. The van der Waals surface area contributed by atoms with E-state index in [9.17, 15) is 10.1 Å². The maximum Gasteiger partial charge on any atom is 0.271 e. The van der Waals surface area contributed by atoms with Crippen molar-refractivity contribution in [2.45, 2.75) is 12.5 Å². The molecule has 3 rings (SSSR count). The average molecular weight is 297 g/mol. The fraction of sp³-hybridized carbons (Fsp3) is 0.333. The van der Waals surface area contributed by atoms with Crippen molar-refractivity contribution in [3.63, 3.8) is 0 Å². The third kappa shape index (κ3) is 2.94. The van der Waals surface area contributed by atoms with Gasteiger partial charge in [-0.25, -0.2) is 9.97 Å². The van der Waals surface area contributed by atoms with Crippen LogP contribution in [0, 0.1) is 10.1 Å². The molecule has 1 aromatic heterocycles. The molecule has 0 bridgehead atoms. The van der Waals surface area contributed by atoms with Gasteiger partial charge in [0.2, 0.25) is 5.88 Å². The van der Waals surface area contributed by atoms with Gasteiger partial charge in [0, 0.05) is 18.7 Å². The molecule has 1 atom stereocenters. The van der Waals surface area contributed by atoms with Gasteiger partial charge in [-0.05, 0) is 19.0 Å². The number of fused-ring (bicyclic) bond motifs is 1. The SMILES string of the molecule is Cl.O=[N+]([O-])c1ccc2nc(OC3CCNC3)cnc2c1. The minimum atomic E-state index is -0.449. The first-order valence-corrected chi connectivity index (χ1v) is 6.01. The molecule has 0 amide bonds. The second-order valence-electron chi connectivity index (χ2n) is 4.37. The molecule has 2 aromatic rings. The number of nitro benzene ring substituents is 1. The molecule has 106 valence electrons. The van der Waals surface area contributed by atoms with Crippen LogP contribution in [0.4, 0.5) is 5.69 Å². The number of ether oxygens (including phenoxy) is 1. The van der Waals surface area contributed by atoms with E-state index >= 15 is 0 Å². The van der Waals surface area contributed by atoms with Gasteiger partial charge in [-0.15, -0.1) is 12.4 Å². The van der Waals surface area contributed by atoms with Crippen molar-refractivity contribution < 1.29 is 9.66 Å². The highest BCUT2D eigenvalue weighted by molar-refractivity contribution is 5.85. The largest absolute Gasteiger partial charge is 0.472 e. The van der Waals surface area contributed by atoms with Crippen LogP contribution in [0.2, 0.25) is 0 Å². The second kappa shape index (κ2) is 5.98. The number of nitro groups is 1. The van der Waals surface area contributed by atoms with Crippen molar-refractivity contribution in [2.75, 3.05) is 13.1 Å². The minimum Gasteiger partial charge on any atom is -0.472 e. The van der Waals surface area contributed by atoms with Crippen LogP contribution < -0.4 is 10.1 Å². The lowest BCUT2D eigenvalue weighted by atomic mass is 10.2. The van der Waals surface area contributed by atoms with E-state index in [1.54, 1.807) is 6.07 Å². The molecule has 1 saturated heterocycles. The number of hydrogen-bond acceptors (Lipinski definition) is 6. The zero-order chi connectivity index (χ0) is 13.2. The highest BCUT2D eigenvalue weighted by Crippen LogP contribution is 2.20. The summed E-state index contributed by atoms with van der Waals surface area (Å²) in [6.45, 7) is 1.75. The van der Waals surface area contributed by atoms with Gasteiger partial charge in [0.25, 0.3) is 5.69 Å². The van der Waals surface area contributed by atoms with Gasteiger partial charge in [0.15, 0.2) is 0 Å². The summed E-state index contributed by atoms with van der Waals surface area (Å²) >= 11 is 0. The van der Waals surface area contributed by atoms with E-state index in [4.69, 9.17) is 4.74 Å². The highest BCUT2D eigenvalue weighted by Gasteiger charge is 2.17. The van der Waals surface area contributed by atoms with Crippen LogP contribution in [0.5, 0.6) is 5.88 Å². The van der Waals surface area contributed by atoms with Gasteiger partial charge in [-0.3, -0.25) is 10.1 Å². The third-order valence-corrected chi connectivity index (χ3v) is 3.02. The van der Waals surface area contributed by atoms with Gasteiger partial charge < -0.3 is 10.1 Å². The Hall–Kier alpha value is -1.99. The van der Waals surface area contributed by atoms with Gasteiger partial charge in [-0.2, -0.15) is 0 Å². The lowest BCUT2D eigenvalue weighted by molar-refractivity contribution is -0.384. The quantitative estimate of drug-likeness (QED) is 0.685. The Morgan fingerprint density at radius 2 is 2.25 bits per heavy atom. The van der Waals surface area contributed by atoms with Crippen molar-refractivity contribution in [3.8, 4) is 5.88 Å². The van der Waals surface area contributed by atoms with Crippen LogP contribution in [0.3, 0.4) is 0 Å². The topological polar surface area (TPSA) is 90.2 Å². The Labute approximate surface area is 120 Å². The van der Waals surface area contributed by atoms with Crippen molar-refractivity contribution in [3.05, 3.63) is 34.5 Å². The Balaban J connectivity index is 0.00000147. The number of rotatable bonds is 3. The van der Waals surface area contributed by atoms with Gasteiger partial charge in [0.05, 0.1) is 22.2 Å². The lowest BCUT2D eigenvalue weighted by Crippen LogP contribution is -2.20. The zero-order valence-electron chi connectivity index (χ0n) is 10.5. The number of aromatic nitrogens is 2. The molecule has 0 radical (unpaired) electrons. The molecule has 0 aliphatic carbocycles. The smallest absolute Gasteiger partial charge is 0.271 e. The average Bonchev–Trinajstić information content (AvgIpc) is 2.91. The number of hydrogen-bond donors (Lipinski definition) is 1. The van der Waals surface area contributed by atoms with E-state index < -0.39 is 4.92 Å². The molecule has 1 fully saturated rings. The van der Waals surface area contributed by atoms with E-state index in [0.29, 0.717) is 16.9 Å². The van der Waals surface area contributed by atoms with E-state index in [-0.39, 0.29) is 24.2 Å². The maximum absolute atomic E-state index is 10.7. The number of non-ortho nitro benzene ring substituents is 1. The van der Waals surface area contributed by atoms with Gasteiger partial charge in [0.1, 0.15) is 6.10 Å². The Kier molecular flexibility index (Phi) is 4.31. The molecule has 1 aliphatic rings. The maximum atomic E-state index is 10.7. The Morgan fingerprint density at radius 3 is 2.95 bits per heavy atom. The van der Waals surface area contributed by atoms with E-state index in [0.717, 1.165) is 19.5 Å². The summed E-state index contributed by atoms with van der Waals surface area (Å²) in [4.78, 5) is 18.7. The number of halogens is 1. The molecule has 2 heterocycles. The van der Waals surface area contributed by atoms with E-state index in [1.165, 1.54) is 18.3 Å². The van der Waals surface area contributed by atoms with Crippen LogP contribution in [0.15, 0.2) is 24.4 Å². The van der Waals surface area contributed by atoms with E-state index in [1.807, 2.05) is 0 Å². The second-order valence-corrected chi connectivity index (χ2v) is 4.37. The van der Waals surface area contributed by atoms with Crippen molar-refractivity contribution in [1.29, 1.82) is 0 Å². The molecule has 0 spiro atoms. The molecule has 1 aliphatic heterocycles. The molecular formula is C12H13ClN4O3. The van der Waals surface area contributed by atoms with Crippen LogP contribution >= 0.6 is 12.4 Å². The lowest BCUT2D eigenvalue weighted by Gasteiger charge is -2.11. The fourth-order valence-corrected chi connectivity index (χ4v) is 2.05. The van der Waals surface area contributed by atoms with Crippen LogP contribution in [0.1, 0.15) is 6.42 Å². The molecule has 1 aromatic carbocycles. The summed E-state index contributed by atoms with van der Waals surface area (Å²) in [6.07, 6.45) is 2.56. The van der Waals surface area contributed by atoms with Crippen LogP contribution in [0.25, 0.3) is 11.0 Å². The minimum absolute atomic E-state index is 0. The summed E-state index contributed by atoms with van der Waals surface area (Å²) in [5.41, 5.74) is 1.09. The molecule has 1 unspecified atom stereocenters. The Bertz CT molecular complexity index is 631. The molecule has 8 heteroatoms. The normalized spacial score (nSPS) is 17.7. The van der Waals surface area contributed by atoms with Gasteiger partial charge in [-0.1, -0.05) is 0 Å². The molecule has 1 N–H and O–H groups in total. The van der Waals surface area contributed by atoms with Crippen LogP contribution in [-0.4, -0.2) is 34.1 Å². The summed E-state index contributed by atoms with van der Waals surface area (Å²) < 4.78 is 5.69. The monoisotopic (exact) mass is 296 g/mol. The predicted octanol–water partition coefficient (Wildman–Crippen LogP) is 1.70. The molecule has 7 nitrogen and oxygen atoms in total. The number of nitrogens with one attached hydrogen (secondary N) is 1. The van der Waals surface area contributed by atoms with E-state index in [2.05, 4.69) is 15.3 Å². The molecule has 20 heavy (non-hydrogen) atoms. The first-order valence-electron chi connectivity index (χ1n) is 6.01.